The predicted octanol–water partition coefficient (Wildman–Crippen LogP) is 1.98. The minimum Gasteiger partial charge on any atom is -0.359 e. The first-order valence-corrected chi connectivity index (χ1v) is 8.36. The van der Waals surface area contributed by atoms with Gasteiger partial charge in [0, 0.05) is 18.0 Å². The Hall–Kier alpha value is -1.59. The number of hydrogen-bond donors (Lipinski definition) is 2. The number of piperidine rings is 1. The van der Waals surface area contributed by atoms with Crippen LogP contribution in [0.4, 0.5) is 0 Å². The van der Waals surface area contributed by atoms with Crippen LogP contribution in [-0.2, 0) is 9.59 Å². The maximum absolute atomic E-state index is 12.2. The zero-order valence-corrected chi connectivity index (χ0v) is 14.4. The molecule has 0 aliphatic carbocycles. The molecule has 126 valence electrons. The number of carbonyl (C=O) groups excluding carboxylic acids is 2. The lowest BCUT2D eigenvalue weighted by Crippen LogP contribution is -2.44. The third-order valence-corrected chi connectivity index (χ3v) is 4.67. The van der Waals surface area contributed by atoms with Crippen LogP contribution in [0.1, 0.15) is 31.4 Å². The van der Waals surface area contributed by atoms with Gasteiger partial charge in [0.1, 0.15) is 0 Å². The van der Waals surface area contributed by atoms with E-state index in [1.807, 2.05) is 31.2 Å². The Balaban J connectivity index is 1.80. The van der Waals surface area contributed by atoms with Crippen LogP contribution < -0.4 is 10.6 Å². The van der Waals surface area contributed by atoms with Gasteiger partial charge >= 0.3 is 0 Å². The molecule has 2 rings (SSSR count). The van der Waals surface area contributed by atoms with E-state index in [-0.39, 0.29) is 23.8 Å². The second-order valence-corrected chi connectivity index (χ2v) is 6.38. The Morgan fingerprint density at radius 2 is 1.96 bits per heavy atom. The number of halogens is 1. The lowest BCUT2D eigenvalue weighted by atomic mass is 9.96. The molecule has 1 aliphatic heterocycles. The Morgan fingerprint density at radius 3 is 2.57 bits per heavy atom. The Bertz CT molecular complexity index is 557. The molecule has 0 bridgehead atoms. The molecule has 5 nitrogen and oxygen atoms in total. The summed E-state index contributed by atoms with van der Waals surface area (Å²) in [6.45, 7) is 3.82. The van der Waals surface area contributed by atoms with E-state index < -0.39 is 0 Å². The normalized spacial score (nSPS) is 17.5. The molecule has 23 heavy (non-hydrogen) atoms. The van der Waals surface area contributed by atoms with Crippen molar-refractivity contribution in [3.63, 3.8) is 0 Å². The van der Waals surface area contributed by atoms with E-state index >= 15 is 0 Å². The molecule has 1 heterocycles. The summed E-state index contributed by atoms with van der Waals surface area (Å²) in [5.41, 5.74) is 0.917. The quantitative estimate of drug-likeness (QED) is 0.863. The van der Waals surface area contributed by atoms with Gasteiger partial charge in [-0.2, -0.15) is 0 Å². The van der Waals surface area contributed by atoms with Gasteiger partial charge in [0.05, 0.1) is 12.6 Å². The average molecular weight is 338 g/mol. The molecule has 1 atom stereocenters. The molecular weight excluding hydrogens is 314 g/mol. The molecular formula is C17H24ClN3O2. The van der Waals surface area contributed by atoms with Crippen molar-refractivity contribution in [2.75, 3.05) is 26.7 Å². The van der Waals surface area contributed by atoms with E-state index in [4.69, 9.17) is 11.6 Å². The van der Waals surface area contributed by atoms with E-state index in [0.29, 0.717) is 11.6 Å². The number of amides is 2. The third kappa shape index (κ3) is 4.94. The molecule has 0 radical (unpaired) electrons. The molecule has 0 aromatic heterocycles. The first-order valence-electron chi connectivity index (χ1n) is 7.99. The van der Waals surface area contributed by atoms with Crippen molar-refractivity contribution in [1.29, 1.82) is 0 Å². The van der Waals surface area contributed by atoms with Crippen LogP contribution in [0.2, 0.25) is 5.02 Å². The minimum absolute atomic E-state index is 0.0178. The lowest BCUT2D eigenvalue weighted by molar-refractivity contribution is -0.126. The number of benzene rings is 1. The van der Waals surface area contributed by atoms with Gasteiger partial charge in [0.15, 0.2) is 0 Å². The van der Waals surface area contributed by atoms with E-state index in [2.05, 4.69) is 15.5 Å². The van der Waals surface area contributed by atoms with Gasteiger partial charge in [0.2, 0.25) is 11.8 Å². The molecule has 1 unspecified atom stereocenters. The maximum atomic E-state index is 12.2. The van der Waals surface area contributed by atoms with Crippen LogP contribution in [0.15, 0.2) is 24.3 Å². The Labute approximate surface area is 142 Å². The minimum atomic E-state index is -0.125. The van der Waals surface area contributed by atoms with Gasteiger partial charge < -0.3 is 10.6 Å². The van der Waals surface area contributed by atoms with Crippen molar-refractivity contribution in [3.05, 3.63) is 34.9 Å². The summed E-state index contributed by atoms with van der Waals surface area (Å²) < 4.78 is 0. The molecule has 1 aliphatic rings. The molecule has 1 aromatic carbocycles. The number of carbonyl (C=O) groups is 2. The van der Waals surface area contributed by atoms with Gasteiger partial charge in [-0.3, -0.25) is 14.5 Å². The highest BCUT2D eigenvalue weighted by Gasteiger charge is 2.25. The van der Waals surface area contributed by atoms with Crippen LogP contribution >= 0.6 is 11.6 Å². The summed E-state index contributed by atoms with van der Waals surface area (Å²) in [5.74, 6) is 0.151. The topological polar surface area (TPSA) is 61.4 Å². The van der Waals surface area contributed by atoms with Crippen molar-refractivity contribution in [1.82, 2.24) is 15.5 Å². The van der Waals surface area contributed by atoms with E-state index in [1.165, 1.54) is 0 Å². The first-order chi connectivity index (χ1) is 11.0. The maximum Gasteiger partial charge on any atom is 0.234 e. The Morgan fingerprint density at radius 1 is 1.30 bits per heavy atom. The van der Waals surface area contributed by atoms with Crippen LogP contribution in [0.3, 0.4) is 0 Å². The second-order valence-electron chi connectivity index (χ2n) is 5.98. The fraction of sp³-hybridized carbons (Fsp3) is 0.529. The molecule has 1 saturated heterocycles. The fourth-order valence-corrected chi connectivity index (χ4v) is 3.25. The zero-order chi connectivity index (χ0) is 16.8. The first kappa shape index (κ1) is 17.8. The average Bonchev–Trinajstić information content (AvgIpc) is 2.55. The summed E-state index contributed by atoms with van der Waals surface area (Å²) in [6.07, 6.45) is 1.60. The van der Waals surface area contributed by atoms with Crippen molar-refractivity contribution >= 4 is 23.4 Å². The third-order valence-electron chi connectivity index (χ3n) is 4.32. The van der Waals surface area contributed by atoms with Gasteiger partial charge in [-0.15, -0.1) is 0 Å². The monoisotopic (exact) mass is 337 g/mol. The van der Waals surface area contributed by atoms with Crippen LogP contribution in [-0.4, -0.2) is 43.4 Å². The van der Waals surface area contributed by atoms with Crippen molar-refractivity contribution in [3.8, 4) is 0 Å². The van der Waals surface area contributed by atoms with Gasteiger partial charge in [0.25, 0.3) is 0 Å². The molecule has 6 heteroatoms. The SMILES string of the molecule is CNC(=O)C1CCN(CC(=O)NC(C)c2ccccc2Cl)CC1. The molecule has 0 spiro atoms. The summed E-state index contributed by atoms with van der Waals surface area (Å²) in [5, 5.41) is 6.33. The van der Waals surface area contributed by atoms with Crippen LogP contribution in [0.25, 0.3) is 0 Å². The smallest absolute Gasteiger partial charge is 0.234 e. The van der Waals surface area contributed by atoms with Gasteiger partial charge in [-0.25, -0.2) is 0 Å². The number of rotatable bonds is 5. The largest absolute Gasteiger partial charge is 0.359 e. The summed E-state index contributed by atoms with van der Waals surface area (Å²) >= 11 is 6.15. The van der Waals surface area contributed by atoms with Crippen LogP contribution in [0.5, 0.6) is 0 Å². The second kappa shape index (κ2) is 8.31. The highest BCUT2D eigenvalue weighted by molar-refractivity contribution is 6.31. The summed E-state index contributed by atoms with van der Waals surface area (Å²) in [7, 11) is 1.66. The highest BCUT2D eigenvalue weighted by atomic mass is 35.5. The molecule has 1 fully saturated rings. The highest BCUT2D eigenvalue weighted by Crippen LogP contribution is 2.22. The number of nitrogens with zero attached hydrogens (tertiary/aromatic N) is 1. The lowest BCUT2D eigenvalue weighted by Gasteiger charge is -2.30. The summed E-state index contributed by atoms with van der Waals surface area (Å²) in [6, 6.07) is 7.40. The molecule has 2 N–H and O–H groups in total. The predicted molar refractivity (Wildman–Crippen MR) is 91.2 cm³/mol. The number of hydrogen-bond acceptors (Lipinski definition) is 3. The molecule has 0 saturated carbocycles. The van der Waals surface area contributed by atoms with Crippen molar-refractivity contribution < 1.29 is 9.59 Å². The van der Waals surface area contributed by atoms with Gasteiger partial charge in [-0.1, -0.05) is 29.8 Å². The van der Waals surface area contributed by atoms with Crippen LogP contribution in [0, 0.1) is 5.92 Å². The standard InChI is InChI=1S/C17H24ClN3O2/c1-12(14-5-3-4-6-15(14)18)20-16(22)11-21-9-7-13(8-10-21)17(23)19-2/h3-6,12-13H,7-11H2,1-2H3,(H,19,23)(H,20,22). The molecule has 1 aromatic rings. The van der Waals surface area contributed by atoms with Crippen molar-refractivity contribution in [2.45, 2.75) is 25.8 Å². The zero-order valence-electron chi connectivity index (χ0n) is 13.6. The number of nitrogens with one attached hydrogen (secondary N) is 2. The van der Waals surface area contributed by atoms with Crippen molar-refractivity contribution in [2.24, 2.45) is 5.92 Å². The Kier molecular flexibility index (Phi) is 6.42. The van der Waals surface area contributed by atoms with E-state index in [0.717, 1.165) is 31.5 Å². The number of likely N-dealkylation sites (tertiary alicyclic amines) is 1. The summed E-state index contributed by atoms with van der Waals surface area (Å²) in [4.78, 5) is 25.9. The van der Waals surface area contributed by atoms with E-state index in [9.17, 15) is 9.59 Å². The molecule has 2 amide bonds. The van der Waals surface area contributed by atoms with E-state index in [1.54, 1.807) is 7.05 Å². The van der Waals surface area contributed by atoms with Gasteiger partial charge in [-0.05, 0) is 44.5 Å². The fourth-order valence-electron chi connectivity index (χ4n) is 2.95.